The molecule has 3 fully saturated rings. The van der Waals surface area contributed by atoms with E-state index >= 15 is 0 Å². The van der Waals surface area contributed by atoms with Gasteiger partial charge < -0.3 is 14.5 Å². The van der Waals surface area contributed by atoms with Crippen LogP contribution in [0.3, 0.4) is 0 Å². The first-order valence-electron chi connectivity index (χ1n) is 12.1. The number of carbonyl (C=O) groups is 3. The zero-order chi connectivity index (χ0) is 24.3. The lowest BCUT2D eigenvalue weighted by molar-refractivity contribution is -0.938. The number of benzene rings is 2. The standard InChI is InChI=1S/C28H28N2O4S/c31-23(25-12-7-17-35-25)18-30-15-13-20(14-16-30)24(19-30)34-28(33)26(21-8-3-1-4-9-21)29-27(32)22-10-5-2-6-11-22/h1-12,17,20,24,26H,13-16,18-19H2/p+1/t20?,24-,26?,30?/m0/s1. The molecule has 180 valence electrons. The largest absolute Gasteiger partial charge is 0.454 e. The van der Waals surface area contributed by atoms with Crippen LogP contribution in [0, 0.1) is 5.92 Å². The quantitative estimate of drug-likeness (QED) is 0.292. The van der Waals surface area contributed by atoms with Crippen molar-refractivity contribution < 1.29 is 23.6 Å². The van der Waals surface area contributed by atoms with Gasteiger partial charge in [0.25, 0.3) is 5.91 Å². The number of quaternary nitrogens is 1. The molecule has 0 saturated carbocycles. The summed E-state index contributed by atoms with van der Waals surface area (Å²) in [6.45, 7) is 2.95. The summed E-state index contributed by atoms with van der Waals surface area (Å²) in [5.41, 5.74) is 1.17. The number of ether oxygens (including phenoxy) is 1. The lowest BCUT2D eigenvalue weighted by atomic mass is 9.83. The minimum Gasteiger partial charge on any atom is -0.454 e. The Morgan fingerprint density at radius 1 is 0.943 bits per heavy atom. The van der Waals surface area contributed by atoms with E-state index in [0.29, 0.717) is 28.7 Å². The third kappa shape index (κ3) is 5.21. The van der Waals surface area contributed by atoms with E-state index in [2.05, 4.69) is 5.32 Å². The van der Waals surface area contributed by atoms with Crippen molar-refractivity contribution in [3.8, 4) is 0 Å². The van der Waals surface area contributed by atoms with Crippen molar-refractivity contribution in [3.63, 3.8) is 0 Å². The molecular weight excluding hydrogens is 460 g/mol. The number of carbonyl (C=O) groups excluding carboxylic acids is 3. The number of thiophene rings is 1. The van der Waals surface area contributed by atoms with Gasteiger partial charge in [-0.05, 0) is 29.1 Å². The third-order valence-corrected chi connectivity index (χ3v) is 8.17. The van der Waals surface area contributed by atoms with E-state index in [1.54, 1.807) is 24.3 Å². The summed E-state index contributed by atoms with van der Waals surface area (Å²) in [6.07, 6.45) is 1.60. The summed E-state index contributed by atoms with van der Waals surface area (Å²) in [5.74, 6) is -0.336. The van der Waals surface area contributed by atoms with Crippen LogP contribution in [0.5, 0.6) is 0 Å². The Bertz CT molecular complexity index is 1170. The van der Waals surface area contributed by atoms with Crippen LogP contribution in [0.15, 0.2) is 78.2 Å². The van der Waals surface area contributed by atoms with Gasteiger partial charge in [-0.1, -0.05) is 54.6 Å². The van der Waals surface area contributed by atoms with Gasteiger partial charge >= 0.3 is 5.97 Å². The molecule has 4 heterocycles. The number of fused-ring (bicyclic) bond motifs is 3. The SMILES string of the molecule is O=C(NC(C(=O)O[C@H]1C[N+]2(CC(=O)c3cccs3)CCC1CC2)c1ccccc1)c1ccccc1. The number of rotatable bonds is 8. The Morgan fingerprint density at radius 3 is 2.29 bits per heavy atom. The van der Waals surface area contributed by atoms with Gasteiger partial charge in [-0.25, -0.2) is 4.79 Å². The molecule has 0 radical (unpaired) electrons. The molecule has 3 aliphatic heterocycles. The summed E-state index contributed by atoms with van der Waals surface area (Å²) in [6, 6.07) is 20.9. The summed E-state index contributed by atoms with van der Waals surface area (Å²) >= 11 is 1.47. The van der Waals surface area contributed by atoms with Crippen LogP contribution in [-0.2, 0) is 9.53 Å². The fourth-order valence-electron chi connectivity index (χ4n) is 5.34. The Balaban J connectivity index is 1.31. The highest BCUT2D eigenvalue weighted by Gasteiger charge is 2.49. The third-order valence-electron chi connectivity index (χ3n) is 7.26. The molecule has 2 aromatic carbocycles. The van der Waals surface area contributed by atoms with Crippen LogP contribution < -0.4 is 5.32 Å². The molecule has 3 saturated heterocycles. The molecule has 1 amide bonds. The average molecular weight is 490 g/mol. The zero-order valence-corrected chi connectivity index (χ0v) is 20.3. The number of esters is 1. The van der Waals surface area contributed by atoms with Gasteiger partial charge in [0.1, 0.15) is 13.1 Å². The van der Waals surface area contributed by atoms with Crippen LogP contribution in [0.2, 0.25) is 0 Å². The first kappa shape index (κ1) is 23.5. The number of Topliss-reactive ketones (excluding diaryl/α,β-unsaturated/α-hetero) is 1. The predicted octanol–water partition coefficient (Wildman–Crippen LogP) is 4.25. The zero-order valence-electron chi connectivity index (χ0n) is 19.5. The number of hydrogen-bond acceptors (Lipinski definition) is 5. The second-order valence-corrected chi connectivity index (χ2v) is 10.5. The molecule has 3 aromatic rings. The van der Waals surface area contributed by atoms with E-state index in [9.17, 15) is 14.4 Å². The van der Waals surface area contributed by atoms with Crippen LogP contribution >= 0.6 is 11.3 Å². The molecule has 35 heavy (non-hydrogen) atoms. The maximum absolute atomic E-state index is 13.5. The maximum atomic E-state index is 13.5. The molecule has 3 aliphatic rings. The first-order chi connectivity index (χ1) is 17.0. The molecule has 0 spiro atoms. The number of nitrogens with one attached hydrogen (secondary N) is 1. The molecule has 1 aromatic heterocycles. The van der Waals surface area contributed by atoms with Crippen LogP contribution in [0.4, 0.5) is 0 Å². The normalized spacial score (nSPS) is 23.9. The number of nitrogens with zero attached hydrogens (tertiary/aromatic N) is 1. The van der Waals surface area contributed by atoms with Gasteiger partial charge in [-0.2, -0.15) is 0 Å². The highest BCUT2D eigenvalue weighted by atomic mass is 32.1. The average Bonchev–Trinajstić information content (AvgIpc) is 3.44. The maximum Gasteiger partial charge on any atom is 0.333 e. The molecule has 6 rings (SSSR count). The lowest BCUT2D eigenvalue weighted by Gasteiger charge is -2.51. The molecule has 6 nitrogen and oxygen atoms in total. The molecule has 1 unspecified atom stereocenters. The molecular formula is C28H29N2O4S+. The van der Waals surface area contributed by atoms with Crippen molar-refractivity contribution in [2.75, 3.05) is 26.2 Å². The summed E-state index contributed by atoms with van der Waals surface area (Å²) < 4.78 is 6.76. The van der Waals surface area contributed by atoms with E-state index in [4.69, 9.17) is 4.74 Å². The molecule has 0 aliphatic carbocycles. The Hall–Kier alpha value is -3.29. The Morgan fingerprint density at radius 2 is 1.63 bits per heavy atom. The minimum absolute atomic E-state index is 0.155. The summed E-state index contributed by atoms with van der Waals surface area (Å²) in [5, 5.41) is 4.80. The fraction of sp³-hybridized carbons (Fsp3) is 0.321. The van der Waals surface area contributed by atoms with Gasteiger partial charge in [0.2, 0.25) is 5.78 Å². The van der Waals surface area contributed by atoms with Crippen molar-refractivity contribution >= 4 is 29.0 Å². The van der Waals surface area contributed by atoms with Crippen LogP contribution in [-0.4, -0.2) is 54.4 Å². The van der Waals surface area contributed by atoms with E-state index < -0.39 is 12.0 Å². The predicted molar refractivity (Wildman–Crippen MR) is 134 cm³/mol. The summed E-state index contributed by atoms with van der Waals surface area (Å²) in [7, 11) is 0. The van der Waals surface area contributed by atoms with E-state index in [1.807, 2.05) is 53.9 Å². The van der Waals surface area contributed by atoms with E-state index in [0.717, 1.165) is 30.8 Å². The second kappa shape index (κ2) is 10.1. The second-order valence-electron chi connectivity index (χ2n) is 9.53. The van der Waals surface area contributed by atoms with E-state index in [-0.39, 0.29) is 23.7 Å². The number of piperidine rings is 3. The number of hydrogen-bond donors (Lipinski definition) is 1. The van der Waals surface area contributed by atoms with Crippen molar-refractivity contribution in [3.05, 3.63) is 94.2 Å². The summed E-state index contributed by atoms with van der Waals surface area (Å²) in [4.78, 5) is 40.0. The van der Waals surface area contributed by atoms with Crippen molar-refractivity contribution in [1.29, 1.82) is 0 Å². The van der Waals surface area contributed by atoms with Crippen molar-refractivity contribution in [2.45, 2.75) is 25.0 Å². The number of amides is 1. The Kier molecular flexibility index (Phi) is 6.79. The highest BCUT2D eigenvalue weighted by molar-refractivity contribution is 7.12. The smallest absolute Gasteiger partial charge is 0.333 e. The minimum atomic E-state index is -0.902. The van der Waals surface area contributed by atoms with Gasteiger partial charge in [-0.3, -0.25) is 9.59 Å². The van der Waals surface area contributed by atoms with Crippen LogP contribution in [0.1, 0.15) is 44.5 Å². The van der Waals surface area contributed by atoms with Crippen molar-refractivity contribution in [2.24, 2.45) is 5.92 Å². The Labute approximate surface area is 209 Å². The monoisotopic (exact) mass is 489 g/mol. The molecule has 2 bridgehead atoms. The highest BCUT2D eigenvalue weighted by Crippen LogP contribution is 2.36. The fourth-order valence-corrected chi connectivity index (χ4v) is 6.00. The van der Waals surface area contributed by atoms with Gasteiger partial charge in [0, 0.05) is 24.3 Å². The van der Waals surface area contributed by atoms with Gasteiger partial charge in [0.15, 0.2) is 12.1 Å². The molecule has 1 N–H and O–H groups in total. The molecule has 7 heteroatoms. The van der Waals surface area contributed by atoms with E-state index in [1.165, 1.54) is 11.3 Å². The first-order valence-corrected chi connectivity index (χ1v) is 12.9. The van der Waals surface area contributed by atoms with Crippen molar-refractivity contribution in [1.82, 2.24) is 5.32 Å². The lowest BCUT2D eigenvalue weighted by Crippen LogP contribution is -2.65. The topological polar surface area (TPSA) is 72.5 Å². The van der Waals surface area contributed by atoms with Gasteiger partial charge in [-0.15, -0.1) is 11.3 Å². The molecule has 2 atom stereocenters. The van der Waals surface area contributed by atoms with Gasteiger partial charge in [0.05, 0.1) is 18.0 Å². The van der Waals surface area contributed by atoms with Crippen LogP contribution in [0.25, 0.3) is 0 Å². The number of ketones is 1.